The molecule has 0 heterocycles. The summed E-state index contributed by atoms with van der Waals surface area (Å²) in [5.74, 6) is 0.419. The van der Waals surface area contributed by atoms with Gasteiger partial charge in [0.2, 0.25) is 0 Å². The number of nitriles is 1. The van der Waals surface area contributed by atoms with Crippen molar-refractivity contribution >= 4 is 11.6 Å². The lowest BCUT2D eigenvalue weighted by Gasteiger charge is -2.32. The second kappa shape index (κ2) is 3.45. The first-order chi connectivity index (χ1) is 5.23. The van der Waals surface area contributed by atoms with Crippen molar-refractivity contribution in [3.05, 3.63) is 0 Å². The normalized spacial score (nSPS) is 38.1. The monoisotopic (exact) mass is 171 g/mol. The summed E-state index contributed by atoms with van der Waals surface area (Å²) in [7, 11) is 0. The molecule has 2 unspecified atom stereocenters. The molecule has 0 aromatic carbocycles. The van der Waals surface area contributed by atoms with Gasteiger partial charge in [0.25, 0.3) is 0 Å². The van der Waals surface area contributed by atoms with Crippen molar-refractivity contribution in [3.63, 3.8) is 0 Å². The molecule has 0 aromatic heterocycles. The largest absolute Gasteiger partial charge is 0.196 e. The smallest absolute Gasteiger partial charge is 0.133 e. The fourth-order valence-corrected chi connectivity index (χ4v) is 2.28. The molecule has 0 bridgehead atoms. The van der Waals surface area contributed by atoms with E-state index in [2.05, 4.69) is 13.0 Å². The quantitative estimate of drug-likeness (QED) is 0.557. The van der Waals surface area contributed by atoms with Gasteiger partial charge in [-0.1, -0.05) is 26.2 Å². The highest BCUT2D eigenvalue weighted by atomic mass is 35.5. The molecule has 11 heavy (non-hydrogen) atoms. The summed E-state index contributed by atoms with van der Waals surface area (Å²) in [6.07, 6.45) is 5.41. The molecule has 1 saturated carbocycles. The number of alkyl halides is 1. The van der Waals surface area contributed by atoms with E-state index in [0.717, 1.165) is 25.7 Å². The first-order valence-corrected chi connectivity index (χ1v) is 4.71. The Morgan fingerprint density at radius 1 is 1.64 bits per heavy atom. The lowest BCUT2D eigenvalue weighted by atomic mass is 9.78. The molecule has 0 spiro atoms. The molecular weight excluding hydrogens is 158 g/mol. The van der Waals surface area contributed by atoms with Crippen molar-refractivity contribution in [2.24, 2.45) is 5.92 Å². The van der Waals surface area contributed by atoms with Crippen LogP contribution in [0.1, 0.15) is 39.0 Å². The fourth-order valence-electron chi connectivity index (χ4n) is 1.88. The Bertz CT molecular complexity index is 173. The zero-order valence-corrected chi connectivity index (χ0v) is 7.69. The van der Waals surface area contributed by atoms with Crippen LogP contribution >= 0.6 is 11.6 Å². The van der Waals surface area contributed by atoms with Crippen molar-refractivity contribution in [1.29, 1.82) is 5.26 Å². The number of hydrogen-bond acceptors (Lipinski definition) is 1. The van der Waals surface area contributed by atoms with Gasteiger partial charge in [0.05, 0.1) is 6.07 Å². The molecular formula is C9H14ClN. The number of halogens is 1. The van der Waals surface area contributed by atoms with Crippen LogP contribution in [0.2, 0.25) is 0 Å². The average Bonchev–Trinajstić information content (AvgIpc) is 2.05. The third kappa shape index (κ3) is 1.68. The van der Waals surface area contributed by atoms with E-state index in [-0.39, 0.29) is 0 Å². The summed E-state index contributed by atoms with van der Waals surface area (Å²) < 4.78 is 0. The number of hydrogen-bond donors (Lipinski definition) is 0. The highest BCUT2D eigenvalue weighted by Crippen LogP contribution is 2.40. The van der Waals surface area contributed by atoms with Crippen LogP contribution in [0.15, 0.2) is 0 Å². The zero-order chi connectivity index (χ0) is 8.32. The van der Waals surface area contributed by atoms with E-state index in [4.69, 9.17) is 16.9 Å². The van der Waals surface area contributed by atoms with Gasteiger partial charge in [0.1, 0.15) is 4.87 Å². The lowest BCUT2D eigenvalue weighted by molar-refractivity contribution is 0.306. The summed E-state index contributed by atoms with van der Waals surface area (Å²) in [4.78, 5) is -0.535. The zero-order valence-electron chi connectivity index (χ0n) is 6.94. The Morgan fingerprint density at radius 3 is 2.82 bits per heavy atom. The molecule has 0 amide bonds. The molecule has 1 fully saturated rings. The predicted molar refractivity (Wildman–Crippen MR) is 46.4 cm³/mol. The Morgan fingerprint density at radius 2 is 2.36 bits per heavy atom. The van der Waals surface area contributed by atoms with Crippen LogP contribution in [-0.2, 0) is 0 Å². The van der Waals surface area contributed by atoms with Gasteiger partial charge in [0.15, 0.2) is 0 Å². The number of rotatable bonds is 1. The van der Waals surface area contributed by atoms with Crippen LogP contribution < -0.4 is 0 Å². The summed E-state index contributed by atoms with van der Waals surface area (Å²) in [5.41, 5.74) is 0. The maximum absolute atomic E-state index is 8.87. The molecule has 2 atom stereocenters. The third-order valence-electron chi connectivity index (χ3n) is 2.67. The first-order valence-electron chi connectivity index (χ1n) is 4.33. The van der Waals surface area contributed by atoms with Crippen LogP contribution in [0, 0.1) is 17.2 Å². The first kappa shape index (κ1) is 8.87. The number of nitrogens with zero attached hydrogens (tertiary/aromatic N) is 1. The fraction of sp³-hybridized carbons (Fsp3) is 0.889. The van der Waals surface area contributed by atoms with E-state index in [1.54, 1.807) is 0 Å². The summed E-state index contributed by atoms with van der Waals surface area (Å²) in [5, 5.41) is 8.87. The van der Waals surface area contributed by atoms with E-state index >= 15 is 0 Å². The minimum absolute atomic E-state index is 0.419. The standard InChI is InChI=1S/C9H14ClN/c1-2-8-5-3-4-6-9(8,10)7-11/h8H,2-6H2,1H3. The molecule has 0 aromatic rings. The average molecular weight is 172 g/mol. The maximum Gasteiger partial charge on any atom is 0.133 e. The van der Waals surface area contributed by atoms with Gasteiger partial charge >= 0.3 is 0 Å². The minimum Gasteiger partial charge on any atom is -0.196 e. The molecule has 1 aliphatic carbocycles. The van der Waals surface area contributed by atoms with E-state index in [0.29, 0.717) is 5.92 Å². The van der Waals surface area contributed by atoms with E-state index < -0.39 is 4.87 Å². The second-order valence-corrected chi connectivity index (χ2v) is 4.00. The third-order valence-corrected chi connectivity index (χ3v) is 3.25. The van der Waals surface area contributed by atoms with Gasteiger partial charge in [0, 0.05) is 0 Å². The predicted octanol–water partition coefficient (Wildman–Crippen LogP) is 3.09. The van der Waals surface area contributed by atoms with Crippen molar-refractivity contribution in [1.82, 2.24) is 0 Å². The van der Waals surface area contributed by atoms with Crippen molar-refractivity contribution < 1.29 is 0 Å². The molecule has 1 nitrogen and oxygen atoms in total. The highest BCUT2D eigenvalue weighted by Gasteiger charge is 2.37. The molecule has 0 N–H and O–H groups in total. The van der Waals surface area contributed by atoms with Crippen LogP contribution in [-0.4, -0.2) is 4.87 Å². The van der Waals surface area contributed by atoms with Crippen LogP contribution in [0.5, 0.6) is 0 Å². The minimum atomic E-state index is -0.535. The van der Waals surface area contributed by atoms with Gasteiger partial charge in [-0.15, -0.1) is 11.6 Å². The molecule has 0 radical (unpaired) electrons. The topological polar surface area (TPSA) is 23.8 Å². The van der Waals surface area contributed by atoms with E-state index in [9.17, 15) is 0 Å². The molecule has 0 aliphatic heterocycles. The summed E-state index contributed by atoms with van der Waals surface area (Å²) >= 11 is 6.16. The molecule has 1 rings (SSSR count). The summed E-state index contributed by atoms with van der Waals surface area (Å²) in [6, 6.07) is 2.25. The molecule has 0 saturated heterocycles. The second-order valence-electron chi connectivity index (χ2n) is 3.33. The summed E-state index contributed by atoms with van der Waals surface area (Å²) in [6.45, 7) is 2.12. The Labute approximate surface area is 73.3 Å². The van der Waals surface area contributed by atoms with Crippen molar-refractivity contribution in [3.8, 4) is 6.07 Å². The van der Waals surface area contributed by atoms with Gasteiger partial charge in [-0.2, -0.15) is 5.26 Å². The lowest BCUT2D eigenvalue weighted by Crippen LogP contribution is -2.33. The van der Waals surface area contributed by atoms with Crippen molar-refractivity contribution in [2.45, 2.75) is 43.9 Å². The highest BCUT2D eigenvalue weighted by molar-refractivity contribution is 6.26. The SMILES string of the molecule is CCC1CCCCC1(Cl)C#N. The van der Waals surface area contributed by atoms with Crippen LogP contribution in [0.4, 0.5) is 0 Å². The van der Waals surface area contributed by atoms with E-state index in [1.165, 1.54) is 6.42 Å². The Balaban J connectivity index is 2.67. The van der Waals surface area contributed by atoms with Crippen LogP contribution in [0.3, 0.4) is 0 Å². The molecule has 62 valence electrons. The Hall–Kier alpha value is -0.220. The van der Waals surface area contributed by atoms with Gasteiger partial charge in [-0.05, 0) is 18.8 Å². The maximum atomic E-state index is 8.87. The molecule has 2 heteroatoms. The van der Waals surface area contributed by atoms with Gasteiger partial charge in [-0.25, -0.2) is 0 Å². The van der Waals surface area contributed by atoms with Crippen LogP contribution in [0.25, 0.3) is 0 Å². The van der Waals surface area contributed by atoms with Gasteiger partial charge in [-0.3, -0.25) is 0 Å². The molecule has 1 aliphatic rings. The van der Waals surface area contributed by atoms with Gasteiger partial charge < -0.3 is 0 Å². The van der Waals surface area contributed by atoms with E-state index in [1.807, 2.05) is 0 Å². The van der Waals surface area contributed by atoms with Crippen molar-refractivity contribution in [2.75, 3.05) is 0 Å². The Kier molecular flexibility index (Phi) is 2.78.